The Morgan fingerprint density at radius 2 is 2.15 bits per heavy atom. The van der Waals surface area contributed by atoms with Crippen LogP contribution in [0, 0.1) is 0 Å². The van der Waals surface area contributed by atoms with E-state index in [1.165, 1.54) is 0 Å². The highest BCUT2D eigenvalue weighted by Gasteiger charge is 2.19. The lowest BCUT2D eigenvalue weighted by Gasteiger charge is -2.33. The number of hydrogen-bond acceptors (Lipinski definition) is 4. The molecule has 1 heterocycles. The van der Waals surface area contributed by atoms with E-state index in [4.69, 9.17) is 9.73 Å². The highest BCUT2D eigenvalue weighted by atomic mass is 16.5. The van der Waals surface area contributed by atoms with Gasteiger partial charge in [0.25, 0.3) is 0 Å². The summed E-state index contributed by atoms with van der Waals surface area (Å²) in [4.78, 5) is 7.21. The molecule has 6 nitrogen and oxygen atoms in total. The monoisotopic (exact) mass is 362 g/mol. The average molecular weight is 363 g/mol. The molecule has 1 saturated heterocycles. The first kappa shape index (κ1) is 20.5. The summed E-state index contributed by atoms with van der Waals surface area (Å²) in [5.41, 5.74) is 1.11. The van der Waals surface area contributed by atoms with Crippen molar-refractivity contribution in [1.29, 1.82) is 0 Å². The third-order valence-electron chi connectivity index (χ3n) is 4.68. The first-order valence-corrected chi connectivity index (χ1v) is 9.75. The van der Waals surface area contributed by atoms with Gasteiger partial charge >= 0.3 is 0 Å². The molecule has 0 saturated carbocycles. The molecule has 1 aliphatic heterocycles. The largest absolute Gasteiger partial charge is 0.508 e. The first-order valence-electron chi connectivity index (χ1n) is 9.75. The fourth-order valence-corrected chi connectivity index (χ4v) is 3.26. The Morgan fingerprint density at radius 3 is 2.85 bits per heavy atom. The molecule has 3 N–H and O–H groups in total. The summed E-state index contributed by atoms with van der Waals surface area (Å²) in [5.74, 6) is 1.21. The van der Waals surface area contributed by atoms with Gasteiger partial charge in [-0.15, -0.1) is 0 Å². The maximum atomic E-state index is 9.54. The van der Waals surface area contributed by atoms with Crippen LogP contribution in [0.1, 0.15) is 31.7 Å². The van der Waals surface area contributed by atoms with Gasteiger partial charge in [0.1, 0.15) is 5.75 Å². The van der Waals surface area contributed by atoms with Gasteiger partial charge in [-0.2, -0.15) is 0 Å². The molecular formula is C20H34N4O2. The molecule has 146 valence electrons. The molecule has 1 aromatic carbocycles. The van der Waals surface area contributed by atoms with Crippen molar-refractivity contribution < 1.29 is 9.84 Å². The number of aliphatic imine (C=N–C) groups is 1. The zero-order chi connectivity index (χ0) is 18.6. The van der Waals surface area contributed by atoms with E-state index in [0.717, 1.165) is 70.0 Å². The van der Waals surface area contributed by atoms with Crippen LogP contribution in [-0.4, -0.2) is 68.4 Å². The lowest BCUT2D eigenvalue weighted by atomic mass is 10.1. The Bertz CT molecular complexity index is 542. The molecule has 1 aromatic rings. The summed E-state index contributed by atoms with van der Waals surface area (Å²) in [6.07, 6.45) is 4.21. The molecule has 1 aliphatic rings. The van der Waals surface area contributed by atoms with Gasteiger partial charge in [0.05, 0.1) is 0 Å². The molecule has 26 heavy (non-hydrogen) atoms. The van der Waals surface area contributed by atoms with Crippen molar-refractivity contribution in [3.05, 3.63) is 29.8 Å². The zero-order valence-corrected chi connectivity index (χ0v) is 16.2. The van der Waals surface area contributed by atoms with Crippen LogP contribution in [0.25, 0.3) is 0 Å². The number of ether oxygens (including phenoxy) is 1. The van der Waals surface area contributed by atoms with Crippen LogP contribution < -0.4 is 10.6 Å². The maximum absolute atomic E-state index is 9.54. The molecule has 0 amide bonds. The fraction of sp³-hybridized carbons (Fsp3) is 0.650. The van der Waals surface area contributed by atoms with Crippen LogP contribution >= 0.6 is 0 Å². The van der Waals surface area contributed by atoms with E-state index in [0.29, 0.717) is 18.3 Å². The quantitative estimate of drug-likeness (QED) is 0.356. The number of nitrogens with one attached hydrogen (secondary N) is 2. The summed E-state index contributed by atoms with van der Waals surface area (Å²) in [5, 5.41) is 16.5. The SMILES string of the molecule is CCNC(=NCCc1cccc(O)c1)NC1CCN(CCCOC)CC1. The summed E-state index contributed by atoms with van der Waals surface area (Å²) >= 11 is 0. The van der Waals surface area contributed by atoms with Gasteiger partial charge in [0.2, 0.25) is 0 Å². The predicted molar refractivity (Wildman–Crippen MR) is 107 cm³/mol. The molecule has 6 heteroatoms. The number of hydrogen-bond donors (Lipinski definition) is 3. The topological polar surface area (TPSA) is 69.1 Å². The van der Waals surface area contributed by atoms with Crippen LogP contribution in [0.4, 0.5) is 0 Å². The van der Waals surface area contributed by atoms with Gasteiger partial charge in [-0.25, -0.2) is 0 Å². The van der Waals surface area contributed by atoms with E-state index in [2.05, 4.69) is 22.5 Å². The van der Waals surface area contributed by atoms with E-state index in [-0.39, 0.29) is 0 Å². The van der Waals surface area contributed by atoms with Crippen molar-refractivity contribution in [3.8, 4) is 5.75 Å². The van der Waals surface area contributed by atoms with Crippen molar-refractivity contribution in [2.45, 2.75) is 38.6 Å². The van der Waals surface area contributed by atoms with E-state index >= 15 is 0 Å². The number of aromatic hydroxyl groups is 1. The summed E-state index contributed by atoms with van der Waals surface area (Å²) < 4.78 is 5.13. The van der Waals surface area contributed by atoms with Crippen molar-refractivity contribution >= 4 is 5.96 Å². The minimum absolute atomic E-state index is 0.314. The highest BCUT2D eigenvalue weighted by molar-refractivity contribution is 5.80. The van der Waals surface area contributed by atoms with Crippen molar-refractivity contribution in [2.75, 3.05) is 46.4 Å². The van der Waals surface area contributed by atoms with Crippen LogP contribution in [0.3, 0.4) is 0 Å². The Morgan fingerprint density at radius 1 is 1.35 bits per heavy atom. The predicted octanol–water partition coefficient (Wildman–Crippen LogP) is 1.99. The van der Waals surface area contributed by atoms with Crippen molar-refractivity contribution in [2.24, 2.45) is 4.99 Å². The number of methoxy groups -OCH3 is 1. The molecule has 0 radical (unpaired) electrons. The van der Waals surface area contributed by atoms with E-state index < -0.39 is 0 Å². The lowest BCUT2D eigenvalue weighted by molar-refractivity contribution is 0.155. The van der Waals surface area contributed by atoms with Crippen LogP contribution in [-0.2, 0) is 11.2 Å². The van der Waals surface area contributed by atoms with Gasteiger partial charge in [0.15, 0.2) is 5.96 Å². The second-order valence-electron chi connectivity index (χ2n) is 6.79. The van der Waals surface area contributed by atoms with Gasteiger partial charge in [-0.05, 0) is 50.3 Å². The van der Waals surface area contributed by atoms with Gasteiger partial charge in [-0.3, -0.25) is 4.99 Å². The van der Waals surface area contributed by atoms with Gasteiger partial charge in [-0.1, -0.05) is 12.1 Å². The number of likely N-dealkylation sites (tertiary alicyclic amines) is 1. The molecule has 0 unspecified atom stereocenters. The molecule has 1 fully saturated rings. The molecule has 0 aromatic heterocycles. The second kappa shape index (κ2) is 11.8. The fourth-order valence-electron chi connectivity index (χ4n) is 3.26. The van der Waals surface area contributed by atoms with Crippen molar-refractivity contribution in [1.82, 2.24) is 15.5 Å². The van der Waals surface area contributed by atoms with Crippen LogP contribution in [0.5, 0.6) is 5.75 Å². The van der Waals surface area contributed by atoms with E-state index in [9.17, 15) is 5.11 Å². The Kier molecular flexibility index (Phi) is 9.28. The summed E-state index contributed by atoms with van der Waals surface area (Å²) in [7, 11) is 1.76. The van der Waals surface area contributed by atoms with Gasteiger partial charge < -0.3 is 25.4 Å². The first-order chi connectivity index (χ1) is 12.7. The maximum Gasteiger partial charge on any atom is 0.191 e. The zero-order valence-electron chi connectivity index (χ0n) is 16.2. The number of phenols is 1. The Labute approximate surface area is 157 Å². The number of piperidine rings is 1. The number of benzene rings is 1. The molecule has 2 rings (SSSR count). The molecule has 0 bridgehead atoms. The molecule has 0 aliphatic carbocycles. The van der Waals surface area contributed by atoms with E-state index in [1.807, 2.05) is 12.1 Å². The van der Waals surface area contributed by atoms with E-state index in [1.54, 1.807) is 19.2 Å². The normalized spacial score (nSPS) is 16.6. The minimum atomic E-state index is 0.314. The number of phenolic OH excluding ortho intramolecular Hbond substituents is 1. The number of rotatable bonds is 9. The summed E-state index contributed by atoms with van der Waals surface area (Å²) in [6, 6.07) is 7.87. The number of guanidine groups is 1. The second-order valence-corrected chi connectivity index (χ2v) is 6.79. The van der Waals surface area contributed by atoms with Crippen molar-refractivity contribution in [3.63, 3.8) is 0 Å². The molecular weight excluding hydrogens is 328 g/mol. The molecule has 0 spiro atoms. The third kappa shape index (κ3) is 7.62. The standard InChI is InChI=1S/C20H34N4O2/c1-3-21-20(22-11-8-17-6-4-7-19(25)16-17)23-18-9-13-24(14-10-18)12-5-15-26-2/h4,6-7,16,18,25H,3,5,8-15H2,1-2H3,(H2,21,22,23). The smallest absolute Gasteiger partial charge is 0.191 e. The van der Waals surface area contributed by atoms with Crippen LogP contribution in [0.15, 0.2) is 29.3 Å². The Balaban J connectivity index is 1.75. The van der Waals surface area contributed by atoms with Gasteiger partial charge in [0, 0.05) is 52.5 Å². The minimum Gasteiger partial charge on any atom is -0.508 e. The third-order valence-corrected chi connectivity index (χ3v) is 4.68. The Hall–Kier alpha value is -1.79. The lowest BCUT2D eigenvalue weighted by Crippen LogP contribution is -2.49. The van der Waals surface area contributed by atoms with Crippen LogP contribution in [0.2, 0.25) is 0 Å². The summed E-state index contributed by atoms with van der Waals surface area (Å²) in [6.45, 7) is 7.87. The number of nitrogens with zero attached hydrogens (tertiary/aromatic N) is 2. The average Bonchev–Trinajstić information content (AvgIpc) is 2.64. The molecule has 0 atom stereocenters. The highest BCUT2D eigenvalue weighted by Crippen LogP contribution is 2.12.